The Labute approximate surface area is 224 Å². The van der Waals surface area contributed by atoms with E-state index < -0.39 is 39.6 Å². The molecule has 1 heterocycles. The fourth-order valence-electron chi connectivity index (χ4n) is 4.68. The standard InChI is InChI=1S/C26H30F4N4O4S/c1-39(37,38)34-14-12-33(13-15-34)25(36)22(32-24(35)18-2-6-19(7-3-18)26(28,29)30)10-11-31-23-16-21(23)17-4-8-20(27)9-5-17/h2-9,21-23,31H,10-16H2,1H3,(H,32,35)/t21-,22?,23+/m0/s1. The lowest BCUT2D eigenvalue weighted by atomic mass is 10.1. The van der Waals surface area contributed by atoms with Crippen LogP contribution in [0.1, 0.15) is 40.2 Å². The second kappa shape index (κ2) is 11.6. The van der Waals surface area contributed by atoms with Gasteiger partial charge in [0.2, 0.25) is 15.9 Å². The van der Waals surface area contributed by atoms with Gasteiger partial charge in [0.1, 0.15) is 11.9 Å². The lowest BCUT2D eigenvalue weighted by Gasteiger charge is -2.35. The van der Waals surface area contributed by atoms with Crippen molar-refractivity contribution >= 4 is 21.8 Å². The van der Waals surface area contributed by atoms with Gasteiger partial charge in [-0.1, -0.05) is 12.1 Å². The number of sulfonamides is 1. The SMILES string of the molecule is CS(=O)(=O)N1CCN(C(=O)C(CCN[C@@H]2C[C@H]2c2ccc(F)cc2)NC(=O)c2ccc(C(F)(F)F)cc2)CC1. The topological polar surface area (TPSA) is 98.8 Å². The Morgan fingerprint density at radius 1 is 1.00 bits per heavy atom. The van der Waals surface area contributed by atoms with Gasteiger partial charge in [0.05, 0.1) is 11.8 Å². The number of carbonyl (C=O) groups excluding carboxylic acids is 2. The molecule has 1 aliphatic carbocycles. The third kappa shape index (κ3) is 7.55. The van der Waals surface area contributed by atoms with Crippen LogP contribution in [0.3, 0.4) is 0 Å². The molecule has 3 atom stereocenters. The summed E-state index contributed by atoms with van der Waals surface area (Å²) in [7, 11) is -3.40. The average Bonchev–Trinajstić information content (AvgIpc) is 3.66. The van der Waals surface area contributed by atoms with E-state index in [-0.39, 0.29) is 55.9 Å². The molecule has 13 heteroatoms. The molecule has 0 spiro atoms. The number of amides is 2. The maximum atomic E-state index is 13.3. The van der Waals surface area contributed by atoms with Crippen LogP contribution in [0.4, 0.5) is 17.6 Å². The third-order valence-corrected chi connectivity index (χ3v) is 8.33. The fraction of sp³-hybridized carbons (Fsp3) is 0.462. The Morgan fingerprint density at radius 2 is 1.62 bits per heavy atom. The van der Waals surface area contributed by atoms with E-state index in [1.165, 1.54) is 21.3 Å². The van der Waals surface area contributed by atoms with Gasteiger partial charge in [0, 0.05) is 43.7 Å². The zero-order valence-electron chi connectivity index (χ0n) is 21.2. The monoisotopic (exact) mass is 570 g/mol. The summed E-state index contributed by atoms with van der Waals surface area (Å²) >= 11 is 0. The molecule has 4 rings (SSSR count). The molecule has 0 aromatic heterocycles. The van der Waals surface area contributed by atoms with Crippen LogP contribution in [0.2, 0.25) is 0 Å². The van der Waals surface area contributed by atoms with Crippen molar-refractivity contribution in [3.63, 3.8) is 0 Å². The molecule has 2 N–H and O–H groups in total. The Morgan fingerprint density at radius 3 is 2.18 bits per heavy atom. The molecule has 2 aromatic carbocycles. The molecular weight excluding hydrogens is 540 g/mol. The van der Waals surface area contributed by atoms with Gasteiger partial charge in [-0.2, -0.15) is 17.5 Å². The van der Waals surface area contributed by atoms with Gasteiger partial charge in [-0.3, -0.25) is 9.59 Å². The van der Waals surface area contributed by atoms with Gasteiger partial charge in [-0.15, -0.1) is 0 Å². The normalized spacial score (nSPS) is 20.9. The number of alkyl halides is 3. The van der Waals surface area contributed by atoms with Crippen LogP contribution in [0.15, 0.2) is 48.5 Å². The summed E-state index contributed by atoms with van der Waals surface area (Å²) in [5.74, 6) is -1.18. The first-order chi connectivity index (χ1) is 18.3. The molecule has 8 nitrogen and oxygen atoms in total. The molecule has 1 saturated heterocycles. The van der Waals surface area contributed by atoms with Crippen LogP contribution in [0.5, 0.6) is 0 Å². The van der Waals surface area contributed by atoms with Crippen LogP contribution < -0.4 is 10.6 Å². The highest BCUT2D eigenvalue weighted by atomic mass is 32.2. The molecular formula is C26H30F4N4O4S. The zero-order chi connectivity index (χ0) is 28.4. The Bertz CT molecular complexity index is 1280. The summed E-state index contributed by atoms with van der Waals surface area (Å²) < 4.78 is 76.8. The molecule has 2 aromatic rings. The zero-order valence-corrected chi connectivity index (χ0v) is 22.1. The van der Waals surface area contributed by atoms with Gasteiger partial charge >= 0.3 is 6.18 Å². The molecule has 212 valence electrons. The molecule has 1 unspecified atom stereocenters. The lowest BCUT2D eigenvalue weighted by molar-refractivity contribution is -0.137. The van der Waals surface area contributed by atoms with Crippen LogP contribution in [-0.2, 0) is 21.0 Å². The molecule has 2 fully saturated rings. The second-order valence-corrected chi connectivity index (χ2v) is 11.8. The minimum absolute atomic E-state index is 0.0192. The summed E-state index contributed by atoms with van der Waals surface area (Å²) in [4.78, 5) is 27.7. The number of piperazine rings is 1. The number of benzene rings is 2. The molecule has 1 aliphatic heterocycles. The van der Waals surface area contributed by atoms with Crippen LogP contribution >= 0.6 is 0 Å². The maximum Gasteiger partial charge on any atom is 0.416 e. The van der Waals surface area contributed by atoms with Gasteiger partial charge in [0.25, 0.3) is 5.91 Å². The largest absolute Gasteiger partial charge is 0.416 e. The molecule has 2 amide bonds. The third-order valence-electron chi connectivity index (χ3n) is 7.03. The van der Waals surface area contributed by atoms with E-state index in [1.807, 2.05) is 0 Å². The lowest BCUT2D eigenvalue weighted by Crippen LogP contribution is -2.56. The number of hydrogen-bond donors (Lipinski definition) is 2. The van der Waals surface area contributed by atoms with E-state index in [0.29, 0.717) is 6.54 Å². The summed E-state index contributed by atoms with van der Waals surface area (Å²) in [5.41, 5.74) is 0.0925. The predicted molar refractivity (Wildman–Crippen MR) is 136 cm³/mol. The molecule has 39 heavy (non-hydrogen) atoms. The summed E-state index contributed by atoms with van der Waals surface area (Å²) in [6, 6.07) is 9.15. The van der Waals surface area contributed by atoms with Crippen LogP contribution in [0, 0.1) is 5.82 Å². The minimum Gasteiger partial charge on any atom is -0.340 e. The first-order valence-electron chi connectivity index (χ1n) is 12.5. The first-order valence-corrected chi connectivity index (χ1v) is 14.4. The number of nitrogens with zero attached hydrogens (tertiary/aromatic N) is 2. The number of nitrogens with one attached hydrogen (secondary N) is 2. The molecule has 0 radical (unpaired) electrons. The van der Waals surface area contributed by atoms with E-state index in [9.17, 15) is 35.6 Å². The van der Waals surface area contributed by atoms with E-state index in [2.05, 4.69) is 10.6 Å². The summed E-state index contributed by atoms with van der Waals surface area (Å²) in [6.45, 7) is 0.936. The second-order valence-electron chi connectivity index (χ2n) is 9.83. The predicted octanol–water partition coefficient (Wildman–Crippen LogP) is 2.58. The van der Waals surface area contributed by atoms with Gasteiger partial charge < -0.3 is 15.5 Å². The van der Waals surface area contributed by atoms with Crippen molar-refractivity contribution in [1.29, 1.82) is 0 Å². The fourth-order valence-corrected chi connectivity index (χ4v) is 5.51. The van der Waals surface area contributed by atoms with E-state index in [0.717, 1.165) is 42.5 Å². The maximum absolute atomic E-state index is 13.3. The van der Waals surface area contributed by atoms with Crippen molar-refractivity contribution in [3.8, 4) is 0 Å². The van der Waals surface area contributed by atoms with Crippen LogP contribution in [0.25, 0.3) is 0 Å². The molecule has 1 saturated carbocycles. The quantitative estimate of drug-likeness (QED) is 0.452. The average molecular weight is 571 g/mol. The van der Waals surface area contributed by atoms with E-state index in [4.69, 9.17) is 0 Å². The van der Waals surface area contributed by atoms with Crippen LogP contribution in [-0.4, -0.2) is 80.5 Å². The van der Waals surface area contributed by atoms with Crippen molar-refractivity contribution in [2.75, 3.05) is 39.0 Å². The van der Waals surface area contributed by atoms with Crippen molar-refractivity contribution in [1.82, 2.24) is 19.8 Å². The number of halogens is 4. The Kier molecular flexibility index (Phi) is 8.62. The summed E-state index contributed by atoms with van der Waals surface area (Å²) in [5, 5.41) is 5.99. The highest BCUT2D eigenvalue weighted by Gasteiger charge is 2.38. The summed E-state index contributed by atoms with van der Waals surface area (Å²) in [6.07, 6.45) is -2.39. The van der Waals surface area contributed by atoms with Crippen molar-refractivity contribution < 1.29 is 35.6 Å². The highest BCUT2D eigenvalue weighted by molar-refractivity contribution is 7.88. The first kappa shape index (κ1) is 29.0. The van der Waals surface area contributed by atoms with Crippen molar-refractivity contribution in [2.45, 2.75) is 37.0 Å². The van der Waals surface area contributed by atoms with Gasteiger partial charge in [0.15, 0.2) is 0 Å². The molecule has 0 bridgehead atoms. The minimum atomic E-state index is -4.54. The number of carbonyl (C=O) groups is 2. The van der Waals surface area contributed by atoms with Crippen molar-refractivity contribution in [3.05, 3.63) is 71.0 Å². The van der Waals surface area contributed by atoms with Gasteiger partial charge in [-0.05, 0) is 61.3 Å². The highest BCUT2D eigenvalue weighted by Crippen LogP contribution is 2.40. The Balaban J connectivity index is 1.39. The number of rotatable bonds is 9. The smallest absolute Gasteiger partial charge is 0.340 e. The Hall–Kier alpha value is -3.03. The number of hydrogen-bond acceptors (Lipinski definition) is 5. The van der Waals surface area contributed by atoms with E-state index in [1.54, 1.807) is 12.1 Å². The van der Waals surface area contributed by atoms with Gasteiger partial charge in [-0.25, -0.2) is 12.8 Å². The van der Waals surface area contributed by atoms with E-state index >= 15 is 0 Å². The van der Waals surface area contributed by atoms with Crippen molar-refractivity contribution in [2.24, 2.45) is 0 Å². The molecule has 2 aliphatic rings.